The molecular weight excluding hydrogens is 426 g/mol. The number of aryl methyl sites for hydroxylation is 1. The van der Waals surface area contributed by atoms with Crippen molar-refractivity contribution in [3.63, 3.8) is 0 Å². The summed E-state index contributed by atoms with van der Waals surface area (Å²) in [6.07, 6.45) is -2.35. The summed E-state index contributed by atoms with van der Waals surface area (Å²) < 4.78 is 59.4. The number of anilines is 2. The van der Waals surface area contributed by atoms with Crippen LogP contribution in [0.15, 0.2) is 42.6 Å². The lowest BCUT2D eigenvalue weighted by molar-refractivity contribution is -0.171. The maximum atomic E-state index is 14.5. The van der Waals surface area contributed by atoms with Gasteiger partial charge in [0.05, 0.1) is 29.0 Å². The van der Waals surface area contributed by atoms with Gasteiger partial charge in [-0.25, -0.2) is 9.37 Å². The Morgan fingerprint density at radius 1 is 1.16 bits per heavy atom. The number of ether oxygens (including phenoxy) is 1. The van der Waals surface area contributed by atoms with Crippen molar-refractivity contribution in [3.8, 4) is 0 Å². The number of morpholine rings is 1. The quantitative estimate of drug-likeness (QED) is 0.573. The molecular formula is C23H19F4N3O2. The zero-order valence-corrected chi connectivity index (χ0v) is 17.0. The molecule has 1 N–H and O–H groups in total. The second-order valence-corrected chi connectivity index (χ2v) is 8.13. The number of carbonyl (C=O) groups is 1. The van der Waals surface area contributed by atoms with E-state index in [1.54, 1.807) is 17.0 Å². The number of amides is 1. The van der Waals surface area contributed by atoms with Crippen molar-refractivity contribution < 1.29 is 27.1 Å². The summed E-state index contributed by atoms with van der Waals surface area (Å²) in [5, 5.41) is 3.83. The second kappa shape index (κ2) is 7.44. The molecule has 0 saturated carbocycles. The third-order valence-electron chi connectivity index (χ3n) is 5.95. The standard InChI is InChI=1S/C23H19F4N3O2/c1-12-4-2-5-15-19(12)16(22(31)30-10-13-8-14(11-30)32-13)9-28-21(15)29-18-7-3-6-17(20(18)24)23(25,26)27/h2-7,9,13-14H,8,10-11H2,1H3,(H,28,29). The van der Waals surface area contributed by atoms with Gasteiger partial charge in [-0.05, 0) is 24.6 Å². The molecule has 9 heteroatoms. The number of hydrogen-bond acceptors (Lipinski definition) is 4. The lowest BCUT2D eigenvalue weighted by Crippen LogP contribution is -2.58. The number of benzene rings is 2. The zero-order valence-electron chi connectivity index (χ0n) is 17.0. The molecule has 3 aliphatic heterocycles. The predicted octanol–water partition coefficient (Wildman–Crippen LogP) is 5.06. The van der Waals surface area contributed by atoms with Gasteiger partial charge in [0.1, 0.15) is 5.82 Å². The second-order valence-electron chi connectivity index (χ2n) is 8.13. The average molecular weight is 445 g/mol. The van der Waals surface area contributed by atoms with Crippen molar-refractivity contribution in [2.45, 2.75) is 31.7 Å². The van der Waals surface area contributed by atoms with Gasteiger partial charge < -0.3 is 15.0 Å². The number of nitrogens with zero attached hydrogens (tertiary/aromatic N) is 2. The molecule has 4 heterocycles. The van der Waals surface area contributed by atoms with Crippen LogP contribution in [-0.4, -0.2) is 41.1 Å². The highest BCUT2D eigenvalue weighted by molar-refractivity contribution is 6.10. The fourth-order valence-electron chi connectivity index (χ4n) is 4.41. The first-order valence-electron chi connectivity index (χ1n) is 10.2. The molecule has 1 aromatic heterocycles. The Balaban J connectivity index is 1.55. The lowest BCUT2D eigenvalue weighted by atomic mass is 9.96. The van der Waals surface area contributed by atoms with Crippen molar-refractivity contribution in [1.82, 2.24) is 9.88 Å². The molecule has 1 amide bonds. The van der Waals surface area contributed by atoms with Crippen LogP contribution in [0.25, 0.3) is 10.8 Å². The van der Waals surface area contributed by atoms with Gasteiger partial charge in [0.2, 0.25) is 0 Å². The summed E-state index contributed by atoms with van der Waals surface area (Å²) in [6.45, 7) is 2.86. The van der Waals surface area contributed by atoms with Crippen LogP contribution in [0.2, 0.25) is 0 Å². The maximum absolute atomic E-state index is 14.5. The fourth-order valence-corrected chi connectivity index (χ4v) is 4.41. The van der Waals surface area contributed by atoms with Crippen LogP contribution in [0.1, 0.15) is 27.9 Å². The van der Waals surface area contributed by atoms with Crippen molar-refractivity contribution in [2.24, 2.45) is 0 Å². The van der Waals surface area contributed by atoms with Gasteiger partial charge in [0.25, 0.3) is 5.91 Å². The Kier molecular flexibility index (Phi) is 4.81. The number of nitrogens with one attached hydrogen (secondary N) is 1. The summed E-state index contributed by atoms with van der Waals surface area (Å²) in [7, 11) is 0. The van der Waals surface area contributed by atoms with E-state index in [-0.39, 0.29) is 29.6 Å². The number of alkyl halides is 3. The molecule has 0 spiro atoms. The lowest BCUT2D eigenvalue weighted by Gasteiger charge is -2.47. The minimum atomic E-state index is -4.82. The van der Waals surface area contributed by atoms with Crippen LogP contribution in [0.4, 0.5) is 29.1 Å². The van der Waals surface area contributed by atoms with Crippen molar-refractivity contribution in [3.05, 3.63) is 65.1 Å². The summed E-state index contributed by atoms with van der Waals surface area (Å²) in [6, 6.07) is 8.33. The van der Waals surface area contributed by atoms with Gasteiger partial charge in [0.15, 0.2) is 5.82 Å². The molecule has 3 fully saturated rings. The third kappa shape index (κ3) is 3.46. The fraction of sp³-hybridized carbons (Fsp3) is 0.304. The number of piperidine rings is 1. The van der Waals surface area contributed by atoms with Crippen molar-refractivity contribution in [2.75, 3.05) is 18.4 Å². The van der Waals surface area contributed by atoms with Crippen LogP contribution in [0.3, 0.4) is 0 Å². The van der Waals surface area contributed by atoms with Crippen LogP contribution in [0, 0.1) is 12.7 Å². The summed E-state index contributed by atoms with van der Waals surface area (Å²) in [5.74, 6) is -1.41. The smallest absolute Gasteiger partial charge is 0.371 e. The number of aromatic nitrogens is 1. The molecule has 3 aliphatic rings. The van der Waals surface area contributed by atoms with E-state index < -0.39 is 17.6 Å². The highest BCUT2D eigenvalue weighted by Crippen LogP contribution is 2.37. The Bertz CT molecular complexity index is 1210. The SMILES string of the molecule is Cc1cccc2c(Nc3cccc(C(F)(F)F)c3F)ncc(C(=O)N3CC4CC(C3)O4)c12. The molecule has 2 bridgehead atoms. The van der Waals surface area contributed by atoms with E-state index in [9.17, 15) is 22.4 Å². The largest absolute Gasteiger partial charge is 0.419 e. The first-order chi connectivity index (χ1) is 15.2. The van der Waals surface area contributed by atoms with E-state index in [1.165, 1.54) is 12.3 Å². The van der Waals surface area contributed by atoms with Gasteiger partial charge >= 0.3 is 6.18 Å². The molecule has 2 unspecified atom stereocenters. The molecule has 3 saturated heterocycles. The Morgan fingerprint density at radius 2 is 1.84 bits per heavy atom. The number of hydrogen-bond donors (Lipinski definition) is 1. The van der Waals surface area contributed by atoms with E-state index in [1.807, 2.05) is 13.0 Å². The highest BCUT2D eigenvalue weighted by Gasteiger charge is 2.40. The van der Waals surface area contributed by atoms with Crippen molar-refractivity contribution >= 4 is 28.2 Å². The minimum Gasteiger partial charge on any atom is -0.371 e. The minimum absolute atomic E-state index is 0.0582. The Hall–Kier alpha value is -3.20. The van der Waals surface area contributed by atoms with Crippen LogP contribution in [0.5, 0.6) is 0 Å². The van der Waals surface area contributed by atoms with E-state index in [0.29, 0.717) is 35.5 Å². The van der Waals surface area contributed by atoms with Crippen LogP contribution < -0.4 is 5.32 Å². The van der Waals surface area contributed by atoms with Crippen LogP contribution >= 0.6 is 0 Å². The number of pyridine rings is 1. The number of halogens is 4. The third-order valence-corrected chi connectivity index (χ3v) is 5.95. The molecule has 2 aromatic carbocycles. The maximum Gasteiger partial charge on any atom is 0.419 e. The first kappa shape index (κ1) is 20.7. The van der Waals surface area contributed by atoms with Gasteiger partial charge in [0, 0.05) is 36.5 Å². The van der Waals surface area contributed by atoms with Gasteiger partial charge in [-0.3, -0.25) is 4.79 Å². The molecule has 2 atom stereocenters. The van der Waals surface area contributed by atoms with E-state index in [4.69, 9.17) is 4.74 Å². The zero-order chi connectivity index (χ0) is 22.6. The molecule has 166 valence electrons. The van der Waals surface area contributed by atoms with Gasteiger partial charge in [-0.1, -0.05) is 24.3 Å². The number of carbonyl (C=O) groups excluding carboxylic acids is 1. The summed E-state index contributed by atoms with van der Waals surface area (Å²) in [4.78, 5) is 19.3. The molecule has 0 aliphatic carbocycles. The highest BCUT2D eigenvalue weighted by atomic mass is 19.4. The summed E-state index contributed by atoms with van der Waals surface area (Å²) >= 11 is 0. The van der Waals surface area contributed by atoms with E-state index >= 15 is 0 Å². The predicted molar refractivity (Wildman–Crippen MR) is 110 cm³/mol. The molecule has 0 radical (unpaired) electrons. The van der Waals surface area contributed by atoms with Crippen molar-refractivity contribution in [1.29, 1.82) is 0 Å². The first-order valence-corrected chi connectivity index (χ1v) is 10.2. The Morgan fingerprint density at radius 3 is 2.53 bits per heavy atom. The number of fused-ring (bicyclic) bond motifs is 3. The Labute approximate surface area is 181 Å². The van der Waals surface area contributed by atoms with Gasteiger partial charge in [-0.2, -0.15) is 13.2 Å². The number of rotatable bonds is 3. The van der Waals surface area contributed by atoms with Gasteiger partial charge in [-0.15, -0.1) is 0 Å². The summed E-state index contributed by atoms with van der Waals surface area (Å²) in [5.41, 5.74) is -0.503. The van der Waals surface area contributed by atoms with E-state index in [2.05, 4.69) is 10.3 Å². The molecule has 5 nitrogen and oxygen atoms in total. The molecule has 6 rings (SSSR count). The molecule has 3 aromatic rings. The topological polar surface area (TPSA) is 54.5 Å². The molecule has 32 heavy (non-hydrogen) atoms. The van der Waals surface area contributed by atoms with Crippen LogP contribution in [-0.2, 0) is 10.9 Å². The average Bonchev–Trinajstić information content (AvgIpc) is 2.74. The normalized spacial score (nSPS) is 20.2. The monoisotopic (exact) mass is 445 g/mol. The van der Waals surface area contributed by atoms with E-state index in [0.717, 1.165) is 18.1 Å².